The van der Waals surface area contributed by atoms with Crippen LogP contribution in [0, 0.1) is 5.92 Å². The van der Waals surface area contributed by atoms with Crippen molar-refractivity contribution in [1.29, 1.82) is 0 Å². The van der Waals surface area contributed by atoms with Gasteiger partial charge in [0.25, 0.3) is 0 Å². The molecule has 2 amide bonds. The molecule has 0 rings (SSSR count). The third kappa shape index (κ3) is 7.46. The number of hydrogen-bond donors (Lipinski definition) is 3. The second-order valence-electron chi connectivity index (χ2n) is 4.54. The molecule has 2 unspecified atom stereocenters. The third-order valence-electron chi connectivity index (χ3n) is 2.63. The first-order valence-electron chi connectivity index (χ1n) is 6.40. The zero-order valence-corrected chi connectivity index (χ0v) is 11.8. The van der Waals surface area contributed by atoms with Crippen LogP contribution in [0.4, 0.5) is 4.79 Å². The highest BCUT2D eigenvalue weighted by Gasteiger charge is 2.21. The highest BCUT2D eigenvalue weighted by Crippen LogP contribution is 2.02. The van der Waals surface area contributed by atoms with E-state index < -0.39 is 18.0 Å². The second kappa shape index (κ2) is 9.38. The predicted molar refractivity (Wildman–Crippen MR) is 73.0 cm³/mol. The van der Waals surface area contributed by atoms with Crippen LogP contribution in [-0.4, -0.2) is 42.4 Å². The number of ether oxygens (including phenoxy) is 1. The summed E-state index contributed by atoms with van der Waals surface area (Å²) in [6.07, 6.45) is 1.64. The van der Waals surface area contributed by atoms with Crippen LogP contribution < -0.4 is 10.6 Å². The largest absolute Gasteiger partial charge is 0.480 e. The Bertz CT molecular complexity index is 305. The number of carboxylic acids is 1. The molecule has 0 aromatic rings. The fraction of sp³-hybridized carbons (Fsp3) is 0.692. The molecular formula is C13H24N2O4. The van der Waals surface area contributed by atoms with E-state index in [-0.39, 0.29) is 18.4 Å². The Hall–Kier alpha value is -1.56. The Labute approximate surface area is 114 Å². The summed E-state index contributed by atoms with van der Waals surface area (Å²) in [6, 6.07) is -1.62. The number of rotatable bonds is 9. The number of carboxylic acid groups (broad SMARTS) is 1. The molecule has 6 nitrogen and oxygen atoms in total. The van der Waals surface area contributed by atoms with Crippen LogP contribution in [0.2, 0.25) is 0 Å². The number of hydrogen-bond acceptors (Lipinski definition) is 3. The van der Waals surface area contributed by atoms with E-state index in [4.69, 9.17) is 9.84 Å². The molecule has 2 atom stereocenters. The zero-order valence-electron chi connectivity index (χ0n) is 11.8. The fourth-order valence-corrected chi connectivity index (χ4v) is 1.40. The van der Waals surface area contributed by atoms with Crippen molar-refractivity contribution in [2.24, 2.45) is 5.92 Å². The van der Waals surface area contributed by atoms with Gasteiger partial charge in [-0.3, -0.25) is 0 Å². The summed E-state index contributed by atoms with van der Waals surface area (Å²) < 4.78 is 5.28. The fourth-order valence-electron chi connectivity index (χ4n) is 1.40. The molecule has 0 fully saturated rings. The van der Waals surface area contributed by atoms with Crippen molar-refractivity contribution in [1.82, 2.24) is 10.6 Å². The zero-order chi connectivity index (χ0) is 14.8. The molecule has 0 aliphatic rings. The average molecular weight is 272 g/mol. The maximum atomic E-state index is 11.7. The van der Waals surface area contributed by atoms with Crippen LogP contribution in [0.3, 0.4) is 0 Å². The highest BCUT2D eigenvalue weighted by molar-refractivity contribution is 5.82. The van der Waals surface area contributed by atoms with Gasteiger partial charge in [-0.1, -0.05) is 19.9 Å². The number of carbonyl (C=O) groups excluding carboxylic acids is 1. The van der Waals surface area contributed by atoms with Gasteiger partial charge in [0.2, 0.25) is 0 Å². The summed E-state index contributed by atoms with van der Waals surface area (Å²) in [7, 11) is 0. The average Bonchev–Trinajstić information content (AvgIpc) is 2.33. The molecule has 0 bridgehead atoms. The number of nitrogens with one attached hydrogen (secondary N) is 2. The number of carbonyl (C=O) groups is 2. The summed E-state index contributed by atoms with van der Waals surface area (Å²) in [6.45, 7) is 10.2. The van der Waals surface area contributed by atoms with E-state index in [0.717, 1.165) is 0 Å². The van der Waals surface area contributed by atoms with Crippen molar-refractivity contribution in [2.75, 3.05) is 13.2 Å². The van der Waals surface area contributed by atoms with Gasteiger partial charge in [0.1, 0.15) is 6.04 Å². The molecule has 0 aromatic heterocycles. The standard InChI is InChI=1S/C13H24N2O4/c1-5-7-10(12(16)17)14-13(18)15-11(9(3)4)8-19-6-2/h5,9-11H,1,6-8H2,2-4H3,(H,16,17)(H2,14,15,18). The van der Waals surface area contributed by atoms with E-state index in [2.05, 4.69) is 17.2 Å². The molecule has 110 valence electrons. The Morgan fingerprint density at radius 2 is 2.00 bits per heavy atom. The Balaban J connectivity index is 4.38. The van der Waals surface area contributed by atoms with Gasteiger partial charge >= 0.3 is 12.0 Å². The number of aliphatic carboxylic acids is 1. The SMILES string of the molecule is C=CCC(NC(=O)NC(COCC)C(C)C)C(=O)O. The van der Waals surface area contributed by atoms with Gasteiger partial charge in [-0.05, 0) is 19.3 Å². The lowest BCUT2D eigenvalue weighted by atomic mass is 10.1. The van der Waals surface area contributed by atoms with Gasteiger partial charge in [0.15, 0.2) is 0 Å². The monoisotopic (exact) mass is 272 g/mol. The quantitative estimate of drug-likeness (QED) is 0.553. The van der Waals surface area contributed by atoms with Gasteiger partial charge in [-0.25, -0.2) is 9.59 Å². The first-order chi connectivity index (χ1) is 8.92. The summed E-state index contributed by atoms with van der Waals surface area (Å²) in [4.78, 5) is 22.6. The summed E-state index contributed by atoms with van der Waals surface area (Å²) >= 11 is 0. The molecule has 0 aromatic carbocycles. The van der Waals surface area contributed by atoms with E-state index in [1.807, 2.05) is 20.8 Å². The first-order valence-corrected chi connectivity index (χ1v) is 6.40. The third-order valence-corrected chi connectivity index (χ3v) is 2.63. The van der Waals surface area contributed by atoms with Gasteiger partial charge in [0.05, 0.1) is 12.6 Å². The lowest BCUT2D eigenvalue weighted by Crippen LogP contribution is -2.51. The maximum absolute atomic E-state index is 11.7. The van der Waals surface area contributed by atoms with Gasteiger partial charge in [-0.2, -0.15) is 0 Å². The Morgan fingerprint density at radius 1 is 1.37 bits per heavy atom. The van der Waals surface area contributed by atoms with Crippen molar-refractivity contribution >= 4 is 12.0 Å². The van der Waals surface area contributed by atoms with E-state index in [0.29, 0.717) is 13.2 Å². The van der Waals surface area contributed by atoms with Crippen LogP contribution in [0.25, 0.3) is 0 Å². The van der Waals surface area contributed by atoms with Crippen molar-refractivity contribution in [3.8, 4) is 0 Å². The van der Waals surface area contributed by atoms with Crippen LogP contribution in [0.15, 0.2) is 12.7 Å². The van der Waals surface area contributed by atoms with Crippen molar-refractivity contribution < 1.29 is 19.4 Å². The number of amides is 2. The van der Waals surface area contributed by atoms with Crippen LogP contribution >= 0.6 is 0 Å². The van der Waals surface area contributed by atoms with Crippen LogP contribution in [-0.2, 0) is 9.53 Å². The molecule has 0 aliphatic heterocycles. The van der Waals surface area contributed by atoms with Gasteiger partial charge < -0.3 is 20.5 Å². The van der Waals surface area contributed by atoms with Gasteiger partial charge in [0, 0.05) is 6.61 Å². The summed E-state index contributed by atoms with van der Waals surface area (Å²) in [5, 5.41) is 14.0. The van der Waals surface area contributed by atoms with Crippen molar-refractivity contribution in [3.63, 3.8) is 0 Å². The molecule has 0 saturated heterocycles. The van der Waals surface area contributed by atoms with Crippen molar-refractivity contribution in [2.45, 2.75) is 39.3 Å². The van der Waals surface area contributed by atoms with E-state index in [1.54, 1.807) is 0 Å². The molecule has 0 radical (unpaired) electrons. The molecular weight excluding hydrogens is 248 g/mol. The predicted octanol–water partition coefficient (Wildman–Crippen LogP) is 1.38. The van der Waals surface area contributed by atoms with E-state index in [1.165, 1.54) is 6.08 Å². The number of urea groups is 1. The molecule has 0 heterocycles. The normalized spacial score (nSPS) is 13.7. The minimum absolute atomic E-state index is 0.155. The molecule has 0 spiro atoms. The smallest absolute Gasteiger partial charge is 0.326 e. The Kier molecular flexibility index (Phi) is 8.61. The first kappa shape index (κ1) is 17.4. The summed E-state index contributed by atoms with van der Waals surface area (Å²) in [5.41, 5.74) is 0. The summed E-state index contributed by atoms with van der Waals surface area (Å²) in [5.74, 6) is -0.888. The van der Waals surface area contributed by atoms with Crippen LogP contribution in [0.1, 0.15) is 27.2 Å². The van der Waals surface area contributed by atoms with Gasteiger partial charge in [-0.15, -0.1) is 6.58 Å². The minimum Gasteiger partial charge on any atom is -0.480 e. The highest BCUT2D eigenvalue weighted by atomic mass is 16.5. The van der Waals surface area contributed by atoms with E-state index >= 15 is 0 Å². The molecule has 0 aliphatic carbocycles. The topological polar surface area (TPSA) is 87.7 Å². The Morgan fingerprint density at radius 3 is 2.42 bits per heavy atom. The molecule has 0 saturated carbocycles. The van der Waals surface area contributed by atoms with E-state index in [9.17, 15) is 9.59 Å². The lowest BCUT2D eigenvalue weighted by Gasteiger charge is -2.23. The minimum atomic E-state index is -1.08. The lowest BCUT2D eigenvalue weighted by molar-refractivity contribution is -0.139. The second-order valence-corrected chi connectivity index (χ2v) is 4.54. The van der Waals surface area contributed by atoms with Crippen LogP contribution in [0.5, 0.6) is 0 Å². The molecule has 6 heteroatoms. The molecule has 19 heavy (non-hydrogen) atoms. The molecule has 3 N–H and O–H groups in total. The van der Waals surface area contributed by atoms with Crippen molar-refractivity contribution in [3.05, 3.63) is 12.7 Å². The maximum Gasteiger partial charge on any atom is 0.326 e.